The molecule has 0 saturated heterocycles. The summed E-state index contributed by atoms with van der Waals surface area (Å²) < 4.78 is 12.4. The first kappa shape index (κ1) is 19.5. The molecule has 2 aromatic carbocycles. The Morgan fingerprint density at radius 3 is 2.54 bits per heavy atom. The number of carbonyl (C=O) groups excluding carboxylic acids is 1. The molecule has 6 heteroatoms. The van der Waals surface area contributed by atoms with Crippen LogP contribution in [0.3, 0.4) is 0 Å². The molecule has 0 fully saturated rings. The zero-order chi connectivity index (χ0) is 19.9. The number of carbonyl (C=O) groups is 1. The number of nitrogens with one attached hydrogen (secondary N) is 1. The number of hydrogen-bond donors (Lipinski definition) is 1. The Morgan fingerprint density at radius 2 is 1.86 bits per heavy atom. The summed E-state index contributed by atoms with van der Waals surface area (Å²) in [4.78, 5) is 12.8. The Kier molecular flexibility index (Phi) is 6.32. The van der Waals surface area contributed by atoms with E-state index in [0.29, 0.717) is 29.4 Å². The highest BCUT2D eigenvalue weighted by atomic mass is 16.5. The average molecular weight is 379 g/mol. The number of methoxy groups -OCH3 is 2. The first-order chi connectivity index (χ1) is 13.7. The molecule has 0 aliphatic heterocycles. The molecule has 0 atom stereocenters. The van der Waals surface area contributed by atoms with E-state index in [1.54, 1.807) is 31.0 Å². The Bertz CT molecular complexity index is 935. The van der Waals surface area contributed by atoms with Gasteiger partial charge in [-0.3, -0.25) is 4.79 Å². The minimum atomic E-state index is -0.150. The Morgan fingerprint density at radius 1 is 1.07 bits per heavy atom. The third-order valence-electron chi connectivity index (χ3n) is 4.44. The lowest BCUT2D eigenvalue weighted by molar-refractivity contribution is 0.0945. The van der Waals surface area contributed by atoms with Crippen LogP contribution in [-0.2, 0) is 0 Å². The van der Waals surface area contributed by atoms with Gasteiger partial charge in [0.05, 0.1) is 25.6 Å². The zero-order valence-electron chi connectivity index (χ0n) is 16.4. The molecule has 28 heavy (non-hydrogen) atoms. The Labute approximate surface area is 165 Å². The van der Waals surface area contributed by atoms with Gasteiger partial charge in [0.15, 0.2) is 0 Å². The maximum atomic E-state index is 12.8. The summed E-state index contributed by atoms with van der Waals surface area (Å²) in [6.07, 6.45) is 1.96. The van der Waals surface area contributed by atoms with Crippen LogP contribution in [0.4, 0.5) is 0 Å². The van der Waals surface area contributed by atoms with Crippen molar-refractivity contribution >= 4 is 5.91 Å². The summed E-state index contributed by atoms with van der Waals surface area (Å²) in [5.74, 6) is 1.18. The van der Waals surface area contributed by atoms with Gasteiger partial charge in [-0.2, -0.15) is 5.10 Å². The molecular formula is C22H25N3O3. The first-order valence-electron chi connectivity index (χ1n) is 9.34. The molecule has 1 amide bonds. The quantitative estimate of drug-likeness (QED) is 0.599. The van der Waals surface area contributed by atoms with Crippen LogP contribution in [0.5, 0.6) is 11.5 Å². The lowest BCUT2D eigenvalue weighted by atomic mass is 10.1. The van der Waals surface area contributed by atoms with Crippen LogP contribution in [0.1, 0.15) is 30.3 Å². The molecule has 1 N–H and O–H groups in total. The van der Waals surface area contributed by atoms with E-state index in [-0.39, 0.29) is 5.91 Å². The third-order valence-corrected chi connectivity index (χ3v) is 4.44. The molecular weight excluding hydrogens is 354 g/mol. The highest BCUT2D eigenvalue weighted by molar-refractivity contribution is 5.94. The van der Waals surface area contributed by atoms with Gasteiger partial charge >= 0.3 is 0 Å². The highest BCUT2D eigenvalue weighted by Gasteiger charge is 2.19. The second-order valence-corrected chi connectivity index (χ2v) is 6.34. The van der Waals surface area contributed by atoms with E-state index < -0.39 is 0 Å². The standard InChI is InChI=1S/C22H25N3O3/c1-4-5-13-23-22(26)20-15-19(24-25(20)16-9-7-6-8-10-16)18-12-11-17(27-2)14-21(18)28-3/h6-12,14-15H,4-5,13H2,1-3H3,(H,23,26). The van der Waals surface area contributed by atoms with E-state index in [0.717, 1.165) is 24.1 Å². The SMILES string of the molecule is CCCCNC(=O)c1cc(-c2ccc(OC)cc2OC)nn1-c1ccccc1. The monoisotopic (exact) mass is 379 g/mol. The lowest BCUT2D eigenvalue weighted by Gasteiger charge is -2.08. The predicted octanol–water partition coefficient (Wildman–Crippen LogP) is 4.09. The van der Waals surface area contributed by atoms with E-state index in [4.69, 9.17) is 14.6 Å². The van der Waals surface area contributed by atoms with Crippen LogP contribution in [0, 0.1) is 0 Å². The first-order valence-corrected chi connectivity index (χ1v) is 9.34. The summed E-state index contributed by atoms with van der Waals surface area (Å²) >= 11 is 0. The molecule has 1 aromatic heterocycles. The van der Waals surface area contributed by atoms with Gasteiger partial charge in [0.1, 0.15) is 17.2 Å². The van der Waals surface area contributed by atoms with Crippen molar-refractivity contribution in [1.82, 2.24) is 15.1 Å². The van der Waals surface area contributed by atoms with Gasteiger partial charge in [-0.05, 0) is 36.8 Å². The number of rotatable bonds is 8. The number of benzene rings is 2. The second-order valence-electron chi connectivity index (χ2n) is 6.34. The molecule has 0 bridgehead atoms. The number of nitrogens with zero attached hydrogens (tertiary/aromatic N) is 2. The summed E-state index contributed by atoms with van der Waals surface area (Å²) in [7, 11) is 3.21. The minimum absolute atomic E-state index is 0.150. The van der Waals surface area contributed by atoms with E-state index in [1.807, 2.05) is 42.5 Å². The van der Waals surface area contributed by atoms with Crippen LogP contribution in [0.2, 0.25) is 0 Å². The molecule has 3 aromatic rings. The summed E-state index contributed by atoms with van der Waals surface area (Å²) in [6, 6.07) is 16.9. The van der Waals surface area contributed by atoms with E-state index in [9.17, 15) is 4.79 Å². The fourth-order valence-corrected chi connectivity index (χ4v) is 2.92. The van der Waals surface area contributed by atoms with Gasteiger partial charge in [-0.1, -0.05) is 31.5 Å². The Balaban J connectivity index is 2.05. The highest BCUT2D eigenvalue weighted by Crippen LogP contribution is 2.33. The fraction of sp³-hybridized carbons (Fsp3) is 0.273. The Hall–Kier alpha value is -3.28. The van der Waals surface area contributed by atoms with Gasteiger partial charge in [-0.25, -0.2) is 4.68 Å². The second kappa shape index (κ2) is 9.08. The van der Waals surface area contributed by atoms with Crippen LogP contribution < -0.4 is 14.8 Å². The molecule has 0 spiro atoms. The van der Waals surface area contributed by atoms with E-state index in [2.05, 4.69) is 12.2 Å². The summed E-state index contributed by atoms with van der Waals surface area (Å²) in [5.41, 5.74) is 2.75. The smallest absolute Gasteiger partial charge is 0.270 e. The average Bonchev–Trinajstić information content (AvgIpc) is 3.19. The molecule has 1 heterocycles. The molecule has 0 aliphatic rings. The lowest BCUT2D eigenvalue weighted by Crippen LogP contribution is -2.26. The maximum absolute atomic E-state index is 12.8. The topological polar surface area (TPSA) is 65.4 Å². The van der Waals surface area contributed by atoms with Crippen molar-refractivity contribution < 1.29 is 14.3 Å². The molecule has 0 aliphatic carbocycles. The normalized spacial score (nSPS) is 10.5. The van der Waals surface area contributed by atoms with Crippen molar-refractivity contribution in [1.29, 1.82) is 0 Å². The fourth-order valence-electron chi connectivity index (χ4n) is 2.92. The summed E-state index contributed by atoms with van der Waals surface area (Å²) in [5, 5.41) is 7.67. The van der Waals surface area contributed by atoms with Crippen molar-refractivity contribution in [3.05, 3.63) is 60.3 Å². The van der Waals surface area contributed by atoms with Crippen LogP contribution >= 0.6 is 0 Å². The van der Waals surface area contributed by atoms with Gasteiger partial charge in [0.2, 0.25) is 0 Å². The van der Waals surface area contributed by atoms with Crippen LogP contribution in [0.25, 0.3) is 16.9 Å². The number of amides is 1. The molecule has 0 radical (unpaired) electrons. The van der Waals surface area contributed by atoms with Gasteiger partial charge in [0, 0.05) is 18.2 Å². The number of hydrogen-bond acceptors (Lipinski definition) is 4. The van der Waals surface area contributed by atoms with Crippen molar-refractivity contribution in [3.8, 4) is 28.4 Å². The van der Waals surface area contributed by atoms with Gasteiger partial charge in [0.25, 0.3) is 5.91 Å². The number of aromatic nitrogens is 2. The van der Waals surface area contributed by atoms with E-state index >= 15 is 0 Å². The molecule has 0 unspecified atom stereocenters. The number of ether oxygens (including phenoxy) is 2. The van der Waals surface area contributed by atoms with Crippen LogP contribution in [-0.4, -0.2) is 36.5 Å². The summed E-state index contributed by atoms with van der Waals surface area (Å²) in [6.45, 7) is 2.73. The minimum Gasteiger partial charge on any atom is -0.497 e. The molecule has 3 rings (SSSR count). The third kappa shape index (κ3) is 4.17. The van der Waals surface area contributed by atoms with Crippen molar-refractivity contribution in [2.75, 3.05) is 20.8 Å². The maximum Gasteiger partial charge on any atom is 0.270 e. The largest absolute Gasteiger partial charge is 0.497 e. The van der Waals surface area contributed by atoms with Gasteiger partial charge in [-0.15, -0.1) is 0 Å². The van der Waals surface area contributed by atoms with Crippen LogP contribution in [0.15, 0.2) is 54.6 Å². The molecule has 6 nitrogen and oxygen atoms in total. The molecule has 0 saturated carbocycles. The van der Waals surface area contributed by atoms with Gasteiger partial charge < -0.3 is 14.8 Å². The van der Waals surface area contributed by atoms with E-state index in [1.165, 1.54) is 0 Å². The zero-order valence-corrected chi connectivity index (χ0v) is 16.4. The van der Waals surface area contributed by atoms with Crippen molar-refractivity contribution in [2.24, 2.45) is 0 Å². The number of unbranched alkanes of at least 4 members (excludes halogenated alkanes) is 1. The predicted molar refractivity (Wildman–Crippen MR) is 109 cm³/mol. The van der Waals surface area contributed by atoms with Crippen molar-refractivity contribution in [2.45, 2.75) is 19.8 Å². The van der Waals surface area contributed by atoms with Crippen molar-refractivity contribution in [3.63, 3.8) is 0 Å². The molecule has 146 valence electrons. The number of para-hydroxylation sites is 1.